The molecular formula is C28H30ClF4N3O3S. The maximum Gasteiger partial charge on any atom is 0.389 e. The van der Waals surface area contributed by atoms with Gasteiger partial charge in [-0.3, -0.25) is 9.79 Å². The standard InChI is InChI=1S/C28H30ClF4N3O3S/c1-25(2)23(22(37)9-6-12-28(31,32)33)34-24(35-25)26-15-27(16-26,17-26)36(14-18-10-11-19(29)13-21(18)30)40(38,39)20-7-4-3-5-8-20/h3-5,7-8,10-11,13,23H,6,9,12,14-17H2,1-2H3,(H,34,35)/t23-,26?,27?/m0/s1. The smallest absolute Gasteiger partial charge is 0.366 e. The molecule has 0 amide bonds. The second-order valence-corrected chi connectivity index (χ2v) is 14.1. The van der Waals surface area contributed by atoms with Gasteiger partial charge in [0.1, 0.15) is 17.7 Å². The fourth-order valence-electron chi connectivity index (χ4n) is 6.32. The number of nitrogens with zero attached hydrogens (tertiary/aromatic N) is 2. The molecule has 2 bridgehead atoms. The molecule has 1 N–H and O–H groups in total. The Morgan fingerprint density at radius 2 is 1.77 bits per heavy atom. The van der Waals surface area contributed by atoms with Crippen molar-refractivity contribution in [1.82, 2.24) is 9.62 Å². The number of rotatable bonds is 10. The average Bonchev–Trinajstić information content (AvgIpc) is 3.12. The van der Waals surface area contributed by atoms with Gasteiger partial charge >= 0.3 is 6.18 Å². The van der Waals surface area contributed by atoms with Crippen molar-refractivity contribution in [2.24, 2.45) is 10.4 Å². The number of carbonyl (C=O) groups is 1. The van der Waals surface area contributed by atoms with Gasteiger partial charge in [0.15, 0.2) is 5.78 Å². The van der Waals surface area contributed by atoms with Crippen LogP contribution in [0.1, 0.15) is 57.9 Å². The highest BCUT2D eigenvalue weighted by Gasteiger charge is 2.75. The number of hydrogen-bond acceptors (Lipinski definition) is 5. The molecule has 3 aliphatic carbocycles. The van der Waals surface area contributed by atoms with Gasteiger partial charge in [-0.05, 0) is 63.8 Å². The predicted molar refractivity (Wildman–Crippen MR) is 143 cm³/mol. The number of benzene rings is 2. The van der Waals surface area contributed by atoms with Gasteiger partial charge in [0, 0.05) is 40.9 Å². The maximum atomic E-state index is 14.8. The second-order valence-electron chi connectivity index (χ2n) is 11.8. The first-order chi connectivity index (χ1) is 18.6. The predicted octanol–water partition coefficient (Wildman–Crippen LogP) is 6.04. The summed E-state index contributed by atoms with van der Waals surface area (Å²) in [6.45, 7) is 3.39. The van der Waals surface area contributed by atoms with Crippen molar-refractivity contribution in [2.75, 3.05) is 0 Å². The van der Waals surface area contributed by atoms with E-state index in [0.717, 1.165) is 6.07 Å². The number of halogens is 5. The van der Waals surface area contributed by atoms with E-state index in [1.54, 1.807) is 32.0 Å². The van der Waals surface area contributed by atoms with Crippen LogP contribution in [0.25, 0.3) is 0 Å². The van der Waals surface area contributed by atoms with E-state index < -0.39 is 51.0 Å². The van der Waals surface area contributed by atoms with E-state index in [0.29, 0.717) is 25.1 Å². The number of nitrogens with one attached hydrogen (secondary N) is 1. The van der Waals surface area contributed by atoms with Gasteiger partial charge in [0.2, 0.25) is 10.0 Å². The Hall–Kier alpha value is -2.50. The first-order valence-corrected chi connectivity index (χ1v) is 14.9. The lowest BCUT2D eigenvalue weighted by molar-refractivity contribution is -0.151. The Kier molecular flexibility index (Phi) is 7.11. The molecule has 6 nitrogen and oxygen atoms in total. The minimum absolute atomic E-state index is 0.102. The van der Waals surface area contributed by atoms with E-state index in [1.807, 2.05) is 0 Å². The lowest BCUT2D eigenvalue weighted by Crippen LogP contribution is -2.78. The molecule has 0 unspecified atom stereocenters. The Bertz CT molecular complexity index is 1440. The van der Waals surface area contributed by atoms with Gasteiger partial charge in [0.25, 0.3) is 0 Å². The van der Waals surface area contributed by atoms with Crippen LogP contribution in [-0.4, -0.2) is 47.6 Å². The molecule has 2 aromatic rings. The van der Waals surface area contributed by atoms with Crippen LogP contribution < -0.4 is 5.32 Å². The van der Waals surface area contributed by atoms with Crippen LogP contribution in [0.15, 0.2) is 58.4 Å². The van der Waals surface area contributed by atoms with E-state index in [2.05, 4.69) is 10.3 Å². The van der Waals surface area contributed by atoms with Gasteiger partial charge in [-0.25, -0.2) is 12.8 Å². The third-order valence-corrected chi connectivity index (χ3v) is 10.5. The molecular weight excluding hydrogens is 570 g/mol. The highest BCUT2D eigenvalue weighted by atomic mass is 35.5. The van der Waals surface area contributed by atoms with Crippen molar-refractivity contribution in [3.63, 3.8) is 0 Å². The molecule has 1 aliphatic heterocycles. The van der Waals surface area contributed by atoms with Gasteiger partial charge in [-0.1, -0.05) is 35.9 Å². The van der Waals surface area contributed by atoms with Crippen molar-refractivity contribution < 1.29 is 30.8 Å². The minimum Gasteiger partial charge on any atom is -0.366 e. The van der Waals surface area contributed by atoms with Gasteiger partial charge < -0.3 is 5.32 Å². The Morgan fingerprint density at radius 1 is 1.12 bits per heavy atom. The first-order valence-electron chi connectivity index (χ1n) is 13.0. The Morgan fingerprint density at radius 3 is 2.38 bits per heavy atom. The van der Waals surface area contributed by atoms with Crippen molar-refractivity contribution in [3.05, 3.63) is 64.9 Å². The number of alkyl halides is 3. The Balaban J connectivity index is 1.37. The molecule has 6 rings (SSSR count). The summed E-state index contributed by atoms with van der Waals surface area (Å²) in [5, 5.41) is 3.51. The van der Waals surface area contributed by atoms with Gasteiger partial charge in [-0.2, -0.15) is 17.5 Å². The summed E-state index contributed by atoms with van der Waals surface area (Å²) in [6, 6.07) is 11.3. The van der Waals surface area contributed by atoms with E-state index in [1.165, 1.54) is 28.6 Å². The van der Waals surface area contributed by atoms with Crippen molar-refractivity contribution >= 4 is 33.2 Å². The summed E-state index contributed by atoms with van der Waals surface area (Å²) in [6.07, 6.45) is -4.57. The van der Waals surface area contributed by atoms with Gasteiger partial charge in [0.05, 0.1) is 10.4 Å². The Labute approximate surface area is 235 Å². The lowest BCUT2D eigenvalue weighted by Gasteiger charge is -2.73. The molecule has 4 aliphatic rings. The average molecular weight is 600 g/mol. The van der Waals surface area contributed by atoms with E-state index in [-0.39, 0.29) is 40.7 Å². The van der Waals surface area contributed by atoms with E-state index >= 15 is 0 Å². The number of carbonyl (C=O) groups excluding carboxylic acids is 1. The molecule has 12 heteroatoms. The molecule has 0 saturated heterocycles. The van der Waals surface area contributed by atoms with Crippen LogP contribution in [0.4, 0.5) is 17.6 Å². The molecule has 0 spiro atoms. The van der Waals surface area contributed by atoms with Crippen molar-refractivity contribution in [1.29, 1.82) is 0 Å². The fourth-order valence-corrected chi connectivity index (χ4v) is 8.25. The summed E-state index contributed by atoms with van der Waals surface area (Å²) < 4.78 is 81.5. The summed E-state index contributed by atoms with van der Waals surface area (Å²) in [5.41, 5.74) is -1.81. The summed E-state index contributed by atoms with van der Waals surface area (Å²) >= 11 is 5.91. The third kappa shape index (κ3) is 5.16. The van der Waals surface area contributed by atoms with Gasteiger partial charge in [-0.15, -0.1) is 0 Å². The highest BCUT2D eigenvalue weighted by molar-refractivity contribution is 7.89. The topological polar surface area (TPSA) is 78.8 Å². The molecule has 216 valence electrons. The van der Waals surface area contributed by atoms with E-state index in [4.69, 9.17) is 11.6 Å². The zero-order valence-electron chi connectivity index (χ0n) is 22.1. The lowest BCUT2D eigenvalue weighted by atomic mass is 9.38. The summed E-state index contributed by atoms with van der Waals surface area (Å²) in [7, 11) is -4.00. The van der Waals surface area contributed by atoms with Crippen molar-refractivity contribution in [3.8, 4) is 0 Å². The zero-order chi connectivity index (χ0) is 29.1. The SMILES string of the molecule is CC1(C)NC(C23CC(N(Cc4ccc(Cl)cc4F)S(=O)(=O)c4ccccc4)(C2)C3)=N[C@H]1C(=O)CCCC(F)(F)F. The van der Waals surface area contributed by atoms with Crippen LogP contribution in [0, 0.1) is 11.2 Å². The second kappa shape index (κ2) is 9.80. The number of amidine groups is 1. The molecule has 2 aromatic carbocycles. The molecule has 40 heavy (non-hydrogen) atoms. The summed E-state index contributed by atoms with van der Waals surface area (Å²) in [4.78, 5) is 17.6. The van der Waals surface area contributed by atoms with Crippen molar-refractivity contribution in [2.45, 2.75) is 87.1 Å². The van der Waals surface area contributed by atoms with Crippen LogP contribution in [0.5, 0.6) is 0 Å². The zero-order valence-corrected chi connectivity index (χ0v) is 23.6. The monoisotopic (exact) mass is 599 g/mol. The van der Waals surface area contributed by atoms with Crippen LogP contribution in [-0.2, 0) is 21.4 Å². The van der Waals surface area contributed by atoms with E-state index in [9.17, 15) is 30.8 Å². The molecule has 0 radical (unpaired) electrons. The largest absolute Gasteiger partial charge is 0.389 e. The van der Waals surface area contributed by atoms with Crippen LogP contribution in [0.2, 0.25) is 5.02 Å². The van der Waals surface area contributed by atoms with Crippen LogP contribution in [0.3, 0.4) is 0 Å². The minimum atomic E-state index is -4.32. The molecule has 3 saturated carbocycles. The third-order valence-electron chi connectivity index (χ3n) is 8.26. The molecule has 3 fully saturated rings. The molecule has 0 aromatic heterocycles. The summed E-state index contributed by atoms with van der Waals surface area (Å²) in [5.74, 6) is -0.370. The maximum absolute atomic E-state index is 14.8. The number of sulfonamides is 1. The number of aliphatic imine (C=N–C) groups is 1. The molecule has 1 atom stereocenters. The number of ketones is 1. The van der Waals surface area contributed by atoms with Crippen LogP contribution >= 0.6 is 11.6 Å². The normalized spacial score (nSPS) is 27.0. The quantitative estimate of drug-likeness (QED) is 0.338. The number of Topliss-reactive ketones (excluding diaryl/α,β-unsaturated/α-hetero) is 1. The highest BCUT2D eigenvalue weighted by Crippen LogP contribution is 2.71. The number of hydrogen-bond donors (Lipinski definition) is 1. The fraction of sp³-hybridized carbons (Fsp3) is 0.500. The molecule has 1 heterocycles. The first kappa shape index (κ1) is 29.0.